The van der Waals surface area contributed by atoms with E-state index in [0.29, 0.717) is 35.8 Å². The molecule has 14 heteroatoms. The number of nitrogens with zero attached hydrogens (tertiary/aromatic N) is 3. The number of hydrogen-bond donors (Lipinski definition) is 3. The first-order chi connectivity index (χ1) is 24.8. The van der Waals surface area contributed by atoms with Crippen molar-refractivity contribution in [2.24, 2.45) is 5.92 Å². The predicted octanol–water partition coefficient (Wildman–Crippen LogP) is 5.49. The lowest BCUT2D eigenvalue weighted by Crippen LogP contribution is -2.58. The average molecular weight is 751 g/mol. The van der Waals surface area contributed by atoms with E-state index in [9.17, 15) is 22.8 Å². The summed E-state index contributed by atoms with van der Waals surface area (Å²) in [5.41, 5.74) is 0.739. The van der Waals surface area contributed by atoms with Crippen LogP contribution in [0.25, 0.3) is 11.0 Å². The number of para-hydroxylation sites is 2. The fourth-order valence-electron chi connectivity index (χ4n) is 7.47. The predicted molar refractivity (Wildman–Crippen MR) is 199 cm³/mol. The number of rotatable bonds is 8. The number of aromatic nitrogens is 2. The molecule has 278 valence electrons. The highest BCUT2D eigenvalue weighted by atomic mass is 35.5. The van der Waals surface area contributed by atoms with Crippen molar-refractivity contribution in [2.75, 3.05) is 11.9 Å². The van der Waals surface area contributed by atoms with Crippen LogP contribution < -0.4 is 20.1 Å². The molecule has 52 heavy (non-hydrogen) atoms. The normalized spacial score (nSPS) is 28.2. The van der Waals surface area contributed by atoms with Crippen molar-refractivity contribution < 1.29 is 27.5 Å². The lowest BCUT2D eigenvalue weighted by molar-refractivity contribution is -0.140. The summed E-state index contributed by atoms with van der Waals surface area (Å²) in [4.78, 5) is 49.2. The molecular formula is C38H47ClN6O6S. The molecule has 0 unspecified atom stereocenters. The molecule has 3 heterocycles. The maximum absolute atomic E-state index is 14.6. The van der Waals surface area contributed by atoms with Crippen molar-refractivity contribution in [3.63, 3.8) is 0 Å². The molecule has 3 aromatic rings. The molecule has 5 atom stereocenters. The van der Waals surface area contributed by atoms with Gasteiger partial charge < -0.3 is 20.3 Å². The van der Waals surface area contributed by atoms with Gasteiger partial charge in [-0.2, -0.15) is 4.98 Å². The minimum Gasteiger partial charge on any atom is -0.459 e. The van der Waals surface area contributed by atoms with Gasteiger partial charge in [0.15, 0.2) is 0 Å². The van der Waals surface area contributed by atoms with E-state index in [1.54, 1.807) is 17.9 Å². The number of benzene rings is 2. The van der Waals surface area contributed by atoms with Crippen LogP contribution in [-0.4, -0.2) is 75.6 Å². The molecule has 3 fully saturated rings. The number of carbonyl (C=O) groups excluding carboxylic acids is 3. The van der Waals surface area contributed by atoms with Gasteiger partial charge in [-0.1, -0.05) is 60.9 Å². The minimum absolute atomic E-state index is 0.0258. The number of sulfonamides is 1. The molecule has 4 aliphatic rings. The Morgan fingerprint density at radius 3 is 2.58 bits per heavy atom. The summed E-state index contributed by atoms with van der Waals surface area (Å²) in [7, 11) is -3.95. The fourth-order valence-corrected chi connectivity index (χ4v) is 9.00. The Bertz CT molecular complexity index is 2000. The van der Waals surface area contributed by atoms with Crippen LogP contribution in [0.2, 0.25) is 5.02 Å². The van der Waals surface area contributed by atoms with Gasteiger partial charge in [0, 0.05) is 24.1 Å². The van der Waals surface area contributed by atoms with Gasteiger partial charge in [-0.15, -0.1) is 0 Å². The summed E-state index contributed by atoms with van der Waals surface area (Å²) in [5, 5.41) is 6.85. The Balaban J connectivity index is 1.21. The molecule has 2 saturated carbocycles. The van der Waals surface area contributed by atoms with Crippen molar-refractivity contribution in [3.8, 4) is 6.01 Å². The molecule has 3 amide bonds. The Hall–Kier alpha value is -4.10. The lowest BCUT2D eigenvalue weighted by Gasteiger charge is -2.30. The second kappa shape index (κ2) is 14.0. The molecule has 0 spiro atoms. The number of nitrogens with one attached hydrogen (secondary N) is 3. The zero-order valence-corrected chi connectivity index (χ0v) is 31.4. The number of halogens is 1. The van der Waals surface area contributed by atoms with Crippen LogP contribution >= 0.6 is 11.6 Å². The van der Waals surface area contributed by atoms with Gasteiger partial charge in [0.25, 0.3) is 11.9 Å². The molecule has 0 radical (unpaired) electrons. The van der Waals surface area contributed by atoms with Gasteiger partial charge in [-0.05, 0) is 83.6 Å². The van der Waals surface area contributed by atoms with Crippen LogP contribution in [0, 0.1) is 5.92 Å². The van der Waals surface area contributed by atoms with Crippen LogP contribution in [0.1, 0.15) is 84.6 Å². The van der Waals surface area contributed by atoms with Gasteiger partial charge in [-0.25, -0.2) is 8.42 Å². The van der Waals surface area contributed by atoms with E-state index in [1.165, 1.54) is 0 Å². The lowest BCUT2D eigenvalue weighted by atomic mass is 10.0. The van der Waals surface area contributed by atoms with Crippen molar-refractivity contribution in [3.05, 3.63) is 65.7 Å². The third-order valence-electron chi connectivity index (χ3n) is 11.0. The van der Waals surface area contributed by atoms with Gasteiger partial charge in [0.1, 0.15) is 29.2 Å². The van der Waals surface area contributed by atoms with E-state index < -0.39 is 50.3 Å². The minimum atomic E-state index is -3.95. The molecule has 1 aromatic heterocycles. The Kier molecular flexibility index (Phi) is 9.79. The molecule has 7 rings (SSSR count). The zero-order chi connectivity index (χ0) is 36.8. The Morgan fingerprint density at radius 2 is 1.85 bits per heavy atom. The van der Waals surface area contributed by atoms with E-state index in [2.05, 4.69) is 15.4 Å². The highest BCUT2D eigenvalue weighted by Crippen LogP contribution is 2.47. The number of fused-ring (bicyclic) bond motifs is 3. The average Bonchev–Trinajstić information content (AvgIpc) is 3.92. The summed E-state index contributed by atoms with van der Waals surface area (Å²) in [6, 6.07) is 13.8. The molecule has 2 aliphatic heterocycles. The molecular weight excluding hydrogens is 704 g/mol. The first-order valence-corrected chi connectivity index (χ1v) is 20.2. The molecule has 12 nitrogen and oxygen atoms in total. The van der Waals surface area contributed by atoms with Crippen LogP contribution in [0.3, 0.4) is 0 Å². The zero-order valence-electron chi connectivity index (χ0n) is 29.8. The highest BCUT2D eigenvalue weighted by Gasteiger charge is 2.63. The van der Waals surface area contributed by atoms with E-state index in [-0.39, 0.29) is 37.3 Å². The standard InChI is InChI=1S/C38H47ClN6O6S/c1-24(2)45-30-18-12-16-28(39)32(30)41-36(45)51-27-21-31-33(46)42-38(35(48)43-52(49,50)37(3)19-20-37)22-25(38)13-8-5-4-6-11-17-29(34(47)44(31)23-27)40-26-14-9-7-10-15-26/h7-10,12-16,18,24-25,27,29,31,40H,4-6,11,17,19-23H2,1-3H3,(H,42,46)(H,43,48)/b13-8-/t25-,27+,29-,31-,38+/m0/s1. The Labute approximate surface area is 309 Å². The maximum Gasteiger partial charge on any atom is 0.297 e. The van der Waals surface area contributed by atoms with Crippen molar-refractivity contribution in [1.29, 1.82) is 0 Å². The molecule has 1 saturated heterocycles. The van der Waals surface area contributed by atoms with Gasteiger partial charge in [0.05, 0.1) is 21.8 Å². The Morgan fingerprint density at radius 1 is 1.08 bits per heavy atom. The largest absolute Gasteiger partial charge is 0.459 e. The molecule has 2 aromatic carbocycles. The van der Waals surface area contributed by atoms with Crippen molar-refractivity contribution in [1.82, 2.24) is 24.5 Å². The van der Waals surface area contributed by atoms with Crippen LogP contribution in [0.5, 0.6) is 6.01 Å². The second-order valence-electron chi connectivity index (χ2n) is 15.2. The van der Waals surface area contributed by atoms with Crippen LogP contribution in [0.15, 0.2) is 60.7 Å². The molecule has 2 aliphatic carbocycles. The summed E-state index contributed by atoms with van der Waals surface area (Å²) < 4.78 is 36.1. The number of imidazole rings is 1. The summed E-state index contributed by atoms with van der Waals surface area (Å²) in [6.45, 7) is 5.75. The van der Waals surface area contributed by atoms with E-state index in [1.807, 2.05) is 73.0 Å². The number of carbonyl (C=O) groups is 3. The summed E-state index contributed by atoms with van der Waals surface area (Å²) >= 11 is 6.52. The van der Waals surface area contributed by atoms with Gasteiger partial charge >= 0.3 is 0 Å². The van der Waals surface area contributed by atoms with E-state index >= 15 is 0 Å². The number of anilines is 1. The molecule has 0 bridgehead atoms. The van der Waals surface area contributed by atoms with Gasteiger partial charge in [-0.3, -0.25) is 23.7 Å². The third-order valence-corrected chi connectivity index (χ3v) is 13.5. The fraction of sp³-hybridized carbons (Fsp3) is 0.526. The number of amides is 3. The van der Waals surface area contributed by atoms with E-state index in [0.717, 1.165) is 36.9 Å². The van der Waals surface area contributed by atoms with Crippen LogP contribution in [0.4, 0.5) is 5.69 Å². The number of allylic oxidation sites excluding steroid dienone is 1. The summed E-state index contributed by atoms with van der Waals surface area (Å²) in [6.07, 6.45) is 8.52. The van der Waals surface area contributed by atoms with E-state index in [4.69, 9.17) is 21.3 Å². The highest BCUT2D eigenvalue weighted by molar-refractivity contribution is 7.91. The topological polar surface area (TPSA) is 152 Å². The number of ether oxygens (including phenoxy) is 1. The maximum atomic E-state index is 14.6. The van der Waals surface area contributed by atoms with Crippen LogP contribution in [-0.2, 0) is 24.4 Å². The first-order valence-electron chi connectivity index (χ1n) is 18.3. The molecule has 3 N–H and O–H groups in total. The van der Waals surface area contributed by atoms with Crippen molar-refractivity contribution in [2.45, 2.75) is 113 Å². The SMILES string of the molecule is CC(C)n1c(O[C@@H]2C[C@H]3C(=O)N[C@]4(C(=O)NS(=O)(=O)C5(C)CC5)C[C@@H]4/C=C\CCCCC[C@H](Nc4ccccc4)C(=O)N3C2)nc2c(Cl)cccc21. The second-order valence-corrected chi connectivity index (χ2v) is 17.8. The number of hydrogen-bond acceptors (Lipinski definition) is 8. The van der Waals surface area contributed by atoms with Gasteiger partial charge in [0.2, 0.25) is 21.8 Å². The third kappa shape index (κ3) is 7.01. The summed E-state index contributed by atoms with van der Waals surface area (Å²) in [5.74, 6) is -1.92. The quantitative estimate of drug-likeness (QED) is 0.256. The first kappa shape index (κ1) is 36.3. The smallest absolute Gasteiger partial charge is 0.297 e. The monoisotopic (exact) mass is 750 g/mol. The van der Waals surface area contributed by atoms with Crippen molar-refractivity contribution >= 4 is 56.1 Å².